The smallest absolute Gasteiger partial charge is 0.407 e. The number of alkyl carbamates (subject to hydrolysis) is 1. The number of hydrogen-bond donors (Lipinski definition) is 1. The second kappa shape index (κ2) is 7.98. The largest absolute Gasteiger partial charge is 0.475 e. The maximum absolute atomic E-state index is 12.1. The fourth-order valence-corrected chi connectivity index (χ4v) is 3.18. The van der Waals surface area contributed by atoms with Crippen molar-refractivity contribution in [2.75, 3.05) is 24.6 Å². The highest BCUT2D eigenvalue weighted by Crippen LogP contribution is 2.29. The van der Waals surface area contributed by atoms with Crippen LogP contribution in [0.1, 0.15) is 40.5 Å². The number of nitrogens with zero attached hydrogens (tertiary/aromatic N) is 3. The first-order valence-electron chi connectivity index (χ1n) is 9.50. The summed E-state index contributed by atoms with van der Waals surface area (Å²) in [5.41, 5.74) is 1.13. The molecule has 1 saturated heterocycles. The van der Waals surface area contributed by atoms with Gasteiger partial charge in [0.1, 0.15) is 5.60 Å². The zero-order valence-corrected chi connectivity index (χ0v) is 16.5. The van der Waals surface area contributed by atoms with Crippen molar-refractivity contribution in [1.29, 1.82) is 0 Å². The number of amides is 1. The quantitative estimate of drug-likeness (QED) is 0.885. The van der Waals surface area contributed by atoms with Crippen molar-refractivity contribution in [3.05, 3.63) is 24.3 Å². The molecule has 3 rings (SSSR count). The van der Waals surface area contributed by atoms with E-state index in [0.29, 0.717) is 19.0 Å². The first-order chi connectivity index (χ1) is 12.9. The summed E-state index contributed by atoms with van der Waals surface area (Å²) < 4.78 is 11.1. The second-order valence-electron chi connectivity index (χ2n) is 7.71. The lowest BCUT2D eigenvalue weighted by Crippen LogP contribution is -2.49. The van der Waals surface area contributed by atoms with Gasteiger partial charge < -0.3 is 19.7 Å². The van der Waals surface area contributed by atoms with Gasteiger partial charge in [-0.3, -0.25) is 0 Å². The molecular weight excluding hydrogens is 344 g/mol. The van der Waals surface area contributed by atoms with Crippen molar-refractivity contribution in [2.45, 2.75) is 52.2 Å². The lowest BCUT2D eigenvalue weighted by Gasteiger charge is -2.34. The van der Waals surface area contributed by atoms with Crippen LogP contribution in [-0.2, 0) is 4.74 Å². The topological polar surface area (TPSA) is 76.6 Å². The number of para-hydroxylation sites is 2. The Balaban J connectivity index is 1.79. The van der Waals surface area contributed by atoms with Gasteiger partial charge in [-0.2, -0.15) is 0 Å². The summed E-state index contributed by atoms with van der Waals surface area (Å²) >= 11 is 0. The van der Waals surface area contributed by atoms with Gasteiger partial charge in [-0.1, -0.05) is 12.1 Å². The molecule has 1 fully saturated rings. The van der Waals surface area contributed by atoms with Gasteiger partial charge in [-0.25, -0.2) is 14.8 Å². The van der Waals surface area contributed by atoms with Gasteiger partial charge in [0.05, 0.1) is 17.6 Å². The number of benzene rings is 1. The fraction of sp³-hybridized carbons (Fsp3) is 0.550. The van der Waals surface area contributed by atoms with Gasteiger partial charge in [0, 0.05) is 19.1 Å². The monoisotopic (exact) mass is 372 g/mol. The molecule has 0 saturated carbocycles. The van der Waals surface area contributed by atoms with Crippen LogP contribution in [0, 0.1) is 0 Å². The molecule has 1 amide bonds. The third kappa shape index (κ3) is 4.99. The van der Waals surface area contributed by atoms with Crippen LogP contribution in [0.25, 0.3) is 11.0 Å². The molecule has 1 aromatic heterocycles. The Morgan fingerprint density at radius 2 is 1.96 bits per heavy atom. The van der Waals surface area contributed by atoms with E-state index in [4.69, 9.17) is 14.5 Å². The van der Waals surface area contributed by atoms with Gasteiger partial charge >= 0.3 is 6.09 Å². The highest BCUT2D eigenvalue weighted by atomic mass is 16.6. The fourth-order valence-electron chi connectivity index (χ4n) is 3.18. The molecule has 7 nitrogen and oxygen atoms in total. The van der Waals surface area contributed by atoms with Gasteiger partial charge in [0.2, 0.25) is 0 Å². The number of fused-ring (bicyclic) bond motifs is 1. The highest BCUT2D eigenvalue weighted by molar-refractivity contribution is 5.77. The number of hydrogen-bond acceptors (Lipinski definition) is 6. The second-order valence-corrected chi connectivity index (χ2v) is 7.71. The van der Waals surface area contributed by atoms with E-state index in [2.05, 4.69) is 15.2 Å². The van der Waals surface area contributed by atoms with Crippen molar-refractivity contribution in [2.24, 2.45) is 0 Å². The minimum Gasteiger partial charge on any atom is -0.475 e. The van der Waals surface area contributed by atoms with Crippen molar-refractivity contribution in [3.63, 3.8) is 0 Å². The Labute approximate surface area is 160 Å². The van der Waals surface area contributed by atoms with Gasteiger partial charge in [-0.15, -0.1) is 0 Å². The number of rotatable bonds is 4. The SMILES string of the molecule is CCOc1nc2ccccc2nc1N1CCC[C@H](NC(=O)OC(C)(C)C)C1. The van der Waals surface area contributed by atoms with Crippen LogP contribution >= 0.6 is 0 Å². The molecule has 27 heavy (non-hydrogen) atoms. The predicted octanol–water partition coefficient (Wildman–Crippen LogP) is 3.52. The predicted molar refractivity (Wildman–Crippen MR) is 105 cm³/mol. The molecule has 1 aliphatic rings. The molecule has 1 aliphatic heterocycles. The average molecular weight is 372 g/mol. The van der Waals surface area contributed by atoms with E-state index < -0.39 is 5.60 Å². The molecule has 1 aromatic carbocycles. The maximum atomic E-state index is 12.1. The summed E-state index contributed by atoms with van der Waals surface area (Å²) in [5, 5.41) is 2.97. The Kier molecular flexibility index (Phi) is 5.68. The zero-order chi connectivity index (χ0) is 19.4. The van der Waals surface area contributed by atoms with E-state index in [0.717, 1.165) is 36.2 Å². The summed E-state index contributed by atoms with van der Waals surface area (Å²) in [7, 11) is 0. The number of carbonyl (C=O) groups excluding carboxylic acids is 1. The van der Waals surface area contributed by atoms with Crippen LogP contribution in [0.15, 0.2) is 24.3 Å². The van der Waals surface area contributed by atoms with Crippen LogP contribution in [0.3, 0.4) is 0 Å². The van der Waals surface area contributed by atoms with Crippen LogP contribution in [0.4, 0.5) is 10.6 Å². The first kappa shape index (κ1) is 19.2. The van der Waals surface area contributed by atoms with Gasteiger partial charge in [0.15, 0.2) is 5.82 Å². The summed E-state index contributed by atoms with van der Waals surface area (Å²) in [5.74, 6) is 1.26. The Hall–Kier alpha value is -2.57. The summed E-state index contributed by atoms with van der Waals surface area (Å²) in [4.78, 5) is 23.7. The van der Waals surface area contributed by atoms with Crippen LogP contribution in [-0.4, -0.2) is 47.4 Å². The van der Waals surface area contributed by atoms with Gasteiger partial charge in [0.25, 0.3) is 5.88 Å². The number of carbonyl (C=O) groups is 1. The number of piperidine rings is 1. The minimum atomic E-state index is -0.510. The van der Waals surface area contributed by atoms with Crippen LogP contribution < -0.4 is 15.0 Å². The average Bonchev–Trinajstić information content (AvgIpc) is 2.60. The third-order valence-corrected chi connectivity index (χ3v) is 4.24. The van der Waals surface area contributed by atoms with E-state index in [-0.39, 0.29) is 12.1 Å². The van der Waals surface area contributed by atoms with Crippen LogP contribution in [0.5, 0.6) is 5.88 Å². The van der Waals surface area contributed by atoms with Gasteiger partial charge in [-0.05, 0) is 52.7 Å². The standard InChI is InChI=1S/C20H28N4O3/c1-5-26-18-17(22-15-10-6-7-11-16(15)23-18)24-12-8-9-14(13-24)21-19(25)27-20(2,3)4/h6-7,10-11,14H,5,8-9,12-13H2,1-4H3,(H,21,25)/t14-/m0/s1. The molecule has 2 aromatic rings. The molecule has 0 spiro atoms. The number of ether oxygens (including phenoxy) is 2. The minimum absolute atomic E-state index is 0.00338. The van der Waals surface area contributed by atoms with E-state index in [1.54, 1.807) is 0 Å². The third-order valence-electron chi connectivity index (χ3n) is 4.24. The van der Waals surface area contributed by atoms with Crippen molar-refractivity contribution in [3.8, 4) is 5.88 Å². The van der Waals surface area contributed by atoms with Crippen molar-refractivity contribution >= 4 is 22.9 Å². The van der Waals surface area contributed by atoms with Crippen LogP contribution in [0.2, 0.25) is 0 Å². The summed E-state index contributed by atoms with van der Waals surface area (Å²) in [6.07, 6.45) is 1.46. The first-order valence-corrected chi connectivity index (χ1v) is 9.50. The highest BCUT2D eigenvalue weighted by Gasteiger charge is 2.27. The normalized spacial score (nSPS) is 17.6. The molecule has 0 unspecified atom stereocenters. The molecule has 7 heteroatoms. The number of nitrogens with one attached hydrogen (secondary N) is 1. The van der Waals surface area contributed by atoms with Crippen molar-refractivity contribution < 1.29 is 14.3 Å². The number of anilines is 1. The van der Waals surface area contributed by atoms with Crippen molar-refractivity contribution in [1.82, 2.24) is 15.3 Å². The van der Waals surface area contributed by atoms with E-state index in [1.807, 2.05) is 52.0 Å². The van der Waals surface area contributed by atoms with E-state index in [1.165, 1.54) is 0 Å². The summed E-state index contributed by atoms with van der Waals surface area (Å²) in [6, 6.07) is 7.76. The molecular formula is C20H28N4O3. The lowest BCUT2D eigenvalue weighted by atomic mass is 10.1. The molecule has 0 aliphatic carbocycles. The number of aromatic nitrogens is 2. The maximum Gasteiger partial charge on any atom is 0.407 e. The summed E-state index contributed by atoms with van der Waals surface area (Å²) in [6.45, 7) is 9.53. The molecule has 0 radical (unpaired) electrons. The molecule has 0 bridgehead atoms. The molecule has 146 valence electrons. The zero-order valence-electron chi connectivity index (χ0n) is 16.5. The van der Waals surface area contributed by atoms with E-state index >= 15 is 0 Å². The molecule has 2 heterocycles. The lowest BCUT2D eigenvalue weighted by molar-refractivity contribution is 0.0500. The Morgan fingerprint density at radius 3 is 2.63 bits per heavy atom. The Morgan fingerprint density at radius 1 is 1.26 bits per heavy atom. The molecule has 1 atom stereocenters. The van der Waals surface area contributed by atoms with E-state index in [9.17, 15) is 4.79 Å². The Bertz CT molecular complexity index is 803. The molecule has 1 N–H and O–H groups in total.